The van der Waals surface area contributed by atoms with Gasteiger partial charge >= 0.3 is 0 Å². The molecular weight excluding hydrogens is 332 g/mol. The van der Waals surface area contributed by atoms with E-state index in [0.29, 0.717) is 18.2 Å². The van der Waals surface area contributed by atoms with Gasteiger partial charge in [0.25, 0.3) is 0 Å². The third kappa shape index (κ3) is 5.80. The normalized spacial score (nSPS) is 12.0. The van der Waals surface area contributed by atoms with Gasteiger partial charge in [-0.2, -0.15) is 0 Å². The molecule has 0 fully saturated rings. The molecule has 1 atom stereocenters. The number of carbonyl (C=O) groups is 1. The molecule has 106 valence electrons. The van der Waals surface area contributed by atoms with Crippen molar-refractivity contribution in [2.24, 2.45) is 0 Å². The van der Waals surface area contributed by atoms with Crippen molar-refractivity contribution in [1.82, 2.24) is 5.32 Å². The molecule has 6 heteroatoms. The van der Waals surface area contributed by atoms with E-state index in [9.17, 15) is 4.79 Å². The van der Waals surface area contributed by atoms with Crippen LogP contribution in [0.15, 0.2) is 22.7 Å². The van der Waals surface area contributed by atoms with Crippen LogP contribution in [0.3, 0.4) is 0 Å². The van der Waals surface area contributed by atoms with Gasteiger partial charge in [-0.15, -0.1) is 0 Å². The Morgan fingerprint density at radius 2 is 2.26 bits per heavy atom. The van der Waals surface area contributed by atoms with Crippen molar-refractivity contribution in [3.63, 3.8) is 0 Å². The molecule has 1 rings (SSSR count). The van der Waals surface area contributed by atoms with Crippen molar-refractivity contribution in [3.8, 4) is 0 Å². The van der Waals surface area contributed by atoms with Crippen LogP contribution in [0.5, 0.6) is 0 Å². The van der Waals surface area contributed by atoms with Crippen LogP contribution < -0.4 is 10.6 Å². The number of ether oxygens (including phenoxy) is 1. The van der Waals surface area contributed by atoms with Crippen LogP contribution in [0.4, 0.5) is 5.69 Å². The number of methoxy groups -OCH3 is 1. The molecule has 0 aliphatic heterocycles. The summed E-state index contributed by atoms with van der Waals surface area (Å²) in [6.07, 6.45) is 0.801. The molecule has 1 aromatic rings. The highest BCUT2D eigenvalue weighted by atomic mass is 79.9. The number of hydrogen-bond donors (Lipinski definition) is 2. The Morgan fingerprint density at radius 1 is 1.53 bits per heavy atom. The van der Waals surface area contributed by atoms with Gasteiger partial charge in [-0.3, -0.25) is 4.79 Å². The SMILES string of the molecule is COCCCNC(=O)C(C)Nc1cc(Cl)ccc1Br. The molecule has 0 spiro atoms. The van der Waals surface area contributed by atoms with E-state index in [2.05, 4.69) is 26.6 Å². The Kier molecular flexibility index (Phi) is 7.20. The van der Waals surface area contributed by atoms with Crippen LogP contribution in [0, 0.1) is 0 Å². The Labute approximate surface area is 127 Å². The molecule has 0 aromatic heterocycles. The minimum Gasteiger partial charge on any atom is -0.385 e. The van der Waals surface area contributed by atoms with Gasteiger partial charge in [-0.1, -0.05) is 11.6 Å². The van der Waals surface area contributed by atoms with Gasteiger partial charge in [0.1, 0.15) is 6.04 Å². The van der Waals surface area contributed by atoms with Gasteiger partial charge in [0, 0.05) is 29.8 Å². The van der Waals surface area contributed by atoms with E-state index in [0.717, 1.165) is 16.6 Å². The van der Waals surface area contributed by atoms with Crippen molar-refractivity contribution in [3.05, 3.63) is 27.7 Å². The topological polar surface area (TPSA) is 50.4 Å². The van der Waals surface area contributed by atoms with Gasteiger partial charge < -0.3 is 15.4 Å². The van der Waals surface area contributed by atoms with E-state index in [1.165, 1.54) is 0 Å². The van der Waals surface area contributed by atoms with E-state index < -0.39 is 0 Å². The van der Waals surface area contributed by atoms with Gasteiger partial charge in [0.2, 0.25) is 5.91 Å². The van der Waals surface area contributed by atoms with Gasteiger partial charge in [-0.25, -0.2) is 0 Å². The van der Waals surface area contributed by atoms with Gasteiger partial charge in [-0.05, 0) is 47.5 Å². The number of amides is 1. The monoisotopic (exact) mass is 348 g/mol. The first kappa shape index (κ1) is 16.3. The molecule has 0 heterocycles. The molecule has 0 aliphatic rings. The molecule has 0 saturated carbocycles. The number of halogens is 2. The van der Waals surface area contributed by atoms with Crippen molar-refractivity contribution >= 4 is 39.1 Å². The lowest BCUT2D eigenvalue weighted by atomic mass is 10.2. The zero-order chi connectivity index (χ0) is 14.3. The van der Waals surface area contributed by atoms with Crippen molar-refractivity contribution in [2.45, 2.75) is 19.4 Å². The highest BCUT2D eigenvalue weighted by molar-refractivity contribution is 9.10. The van der Waals surface area contributed by atoms with E-state index in [1.54, 1.807) is 26.2 Å². The van der Waals surface area contributed by atoms with Crippen LogP contribution in [-0.2, 0) is 9.53 Å². The number of nitrogens with one attached hydrogen (secondary N) is 2. The quantitative estimate of drug-likeness (QED) is 0.744. The molecule has 0 radical (unpaired) electrons. The van der Waals surface area contributed by atoms with Crippen LogP contribution >= 0.6 is 27.5 Å². The van der Waals surface area contributed by atoms with Crippen LogP contribution in [-0.4, -0.2) is 32.2 Å². The molecular formula is C13H18BrClN2O2. The number of hydrogen-bond acceptors (Lipinski definition) is 3. The first-order valence-electron chi connectivity index (χ1n) is 6.03. The summed E-state index contributed by atoms with van der Waals surface area (Å²) in [5.74, 6) is -0.0528. The third-order valence-electron chi connectivity index (χ3n) is 2.52. The number of anilines is 1. The predicted octanol–water partition coefficient (Wildman–Crippen LogP) is 3.06. The summed E-state index contributed by atoms with van der Waals surface area (Å²) >= 11 is 9.33. The lowest BCUT2D eigenvalue weighted by Gasteiger charge is -2.16. The molecule has 0 saturated heterocycles. The molecule has 2 N–H and O–H groups in total. The molecule has 0 bridgehead atoms. The summed E-state index contributed by atoms with van der Waals surface area (Å²) < 4.78 is 5.79. The second kappa shape index (κ2) is 8.40. The summed E-state index contributed by atoms with van der Waals surface area (Å²) in [5.41, 5.74) is 0.798. The zero-order valence-corrected chi connectivity index (χ0v) is 13.3. The molecule has 4 nitrogen and oxygen atoms in total. The molecule has 19 heavy (non-hydrogen) atoms. The predicted molar refractivity (Wildman–Crippen MR) is 81.7 cm³/mol. The third-order valence-corrected chi connectivity index (χ3v) is 3.44. The highest BCUT2D eigenvalue weighted by Gasteiger charge is 2.13. The van der Waals surface area contributed by atoms with Crippen molar-refractivity contribution in [2.75, 3.05) is 25.6 Å². The first-order valence-corrected chi connectivity index (χ1v) is 7.20. The maximum absolute atomic E-state index is 11.8. The van der Waals surface area contributed by atoms with E-state index in [1.807, 2.05) is 6.07 Å². The lowest BCUT2D eigenvalue weighted by Crippen LogP contribution is -2.38. The Balaban J connectivity index is 2.47. The largest absolute Gasteiger partial charge is 0.385 e. The molecule has 0 aliphatic carbocycles. The summed E-state index contributed by atoms with van der Waals surface area (Å²) in [7, 11) is 1.64. The standard InChI is InChI=1S/C13H18BrClN2O2/c1-9(13(18)16-6-3-7-19-2)17-12-8-10(15)4-5-11(12)14/h4-5,8-9,17H,3,6-7H2,1-2H3,(H,16,18). The summed E-state index contributed by atoms with van der Waals surface area (Å²) in [4.78, 5) is 11.8. The first-order chi connectivity index (χ1) is 9.04. The molecule has 1 unspecified atom stereocenters. The minimum absolute atomic E-state index is 0.0528. The highest BCUT2D eigenvalue weighted by Crippen LogP contribution is 2.26. The fourth-order valence-corrected chi connectivity index (χ4v) is 2.02. The van der Waals surface area contributed by atoms with E-state index in [-0.39, 0.29) is 11.9 Å². The minimum atomic E-state index is -0.336. The number of carbonyl (C=O) groups excluding carboxylic acids is 1. The summed E-state index contributed by atoms with van der Waals surface area (Å²) in [5, 5.41) is 6.58. The van der Waals surface area contributed by atoms with Crippen LogP contribution in [0.1, 0.15) is 13.3 Å². The van der Waals surface area contributed by atoms with E-state index in [4.69, 9.17) is 16.3 Å². The van der Waals surface area contributed by atoms with Gasteiger partial charge in [0.15, 0.2) is 0 Å². The Bertz CT molecular complexity index is 429. The molecule has 1 aromatic carbocycles. The summed E-state index contributed by atoms with van der Waals surface area (Å²) in [6.45, 7) is 3.05. The lowest BCUT2D eigenvalue weighted by molar-refractivity contribution is -0.121. The zero-order valence-electron chi connectivity index (χ0n) is 11.0. The van der Waals surface area contributed by atoms with Crippen molar-refractivity contribution in [1.29, 1.82) is 0 Å². The van der Waals surface area contributed by atoms with Crippen LogP contribution in [0.2, 0.25) is 5.02 Å². The fraction of sp³-hybridized carbons (Fsp3) is 0.462. The number of benzene rings is 1. The maximum Gasteiger partial charge on any atom is 0.242 e. The average molecular weight is 350 g/mol. The maximum atomic E-state index is 11.8. The second-order valence-corrected chi connectivity index (χ2v) is 5.42. The van der Waals surface area contributed by atoms with Crippen LogP contribution in [0.25, 0.3) is 0 Å². The Morgan fingerprint density at radius 3 is 2.95 bits per heavy atom. The van der Waals surface area contributed by atoms with Crippen molar-refractivity contribution < 1.29 is 9.53 Å². The Hall–Kier alpha value is -0.780. The van der Waals surface area contributed by atoms with E-state index >= 15 is 0 Å². The fourth-order valence-electron chi connectivity index (χ4n) is 1.49. The smallest absolute Gasteiger partial charge is 0.242 e. The number of rotatable bonds is 7. The molecule has 1 amide bonds. The summed E-state index contributed by atoms with van der Waals surface area (Å²) in [6, 6.07) is 5.07. The van der Waals surface area contributed by atoms with Gasteiger partial charge in [0.05, 0.1) is 5.69 Å². The average Bonchev–Trinajstić information content (AvgIpc) is 2.38. The second-order valence-electron chi connectivity index (χ2n) is 4.13.